The molecule has 0 aliphatic heterocycles. The predicted molar refractivity (Wildman–Crippen MR) is 175 cm³/mol. The molecule has 43 heavy (non-hydrogen) atoms. The molecule has 1 unspecified atom stereocenters. The van der Waals surface area contributed by atoms with Gasteiger partial charge in [0.15, 0.2) is 0 Å². The van der Waals surface area contributed by atoms with E-state index in [1.165, 1.54) is 38.2 Å². The van der Waals surface area contributed by atoms with Gasteiger partial charge in [-0.25, -0.2) is 4.79 Å². The van der Waals surface area contributed by atoms with E-state index in [9.17, 15) is 9.59 Å². The van der Waals surface area contributed by atoms with Crippen molar-refractivity contribution in [2.45, 2.75) is 109 Å². The third kappa shape index (κ3) is 12.8. The first-order valence-corrected chi connectivity index (χ1v) is 16.3. The molecule has 0 aromatic heterocycles. The normalized spacial score (nSPS) is 17.5. The number of hydrogen-bond acceptors (Lipinski definition) is 7. The minimum absolute atomic E-state index is 0.0322. The molecule has 0 spiro atoms. The summed E-state index contributed by atoms with van der Waals surface area (Å²) >= 11 is 0. The van der Waals surface area contributed by atoms with Gasteiger partial charge in [0.05, 0.1) is 18.6 Å². The Morgan fingerprint density at radius 2 is 1.51 bits per heavy atom. The number of ether oxygens (including phenoxy) is 3. The Labute approximate surface area is 258 Å². The van der Waals surface area contributed by atoms with Crippen molar-refractivity contribution in [3.05, 3.63) is 59.7 Å². The predicted octanol–water partition coefficient (Wildman–Crippen LogP) is 8.22. The maximum Gasteiger partial charge on any atom is 0.330 e. The van der Waals surface area contributed by atoms with Gasteiger partial charge in [0.25, 0.3) is 0 Å². The quantitative estimate of drug-likeness (QED) is 0.0589. The molecule has 1 atom stereocenters. The van der Waals surface area contributed by atoms with Crippen LogP contribution in [-0.2, 0) is 19.1 Å². The second-order valence-electron chi connectivity index (χ2n) is 11.8. The van der Waals surface area contributed by atoms with Gasteiger partial charge in [0.1, 0.15) is 5.75 Å². The van der Waals surface area contributed by atoms with Crippen LogP contribution in [0.3, 0.4) is 0 Å². The molecular weight excluding hydrogens is 540 g/mol. The van der Waals surface area contributed by atoms with Crippen molar-refractivity contribution < 1.29 is 23.8 Å². The van der Waals surface area contributed by atoms with Gasteiger partial charge in [-0.15, -0.1) is 0 Å². The van der Waals surface area contributed by atoms with Crippen molar-refractivity contribution in [3.8, 4) is 5.75 Å². The maximum absolute atomic E-state index is 12.7. The molecule has 7 heteroatoms. The minimum Gasteiger partial charge on any atom is -0.462 e. The molecule has 3 rings (SSSR count). The average molecular weight is 593 g/mol. The Balaban J connectivity index is 1.38. The average Bonchev–Trinajstić information content (AvgIpc) is 3.00. The zero-order valence-electron chi connectivity index (χ0n) is 26.2. The van der Waals surface area contributed by atoms with E-state index in [1.807, 2.05) is 24.3 Å². The van der Waals surface area contributed by atoms with Gasteiger partial charge in [-0.3, -0.25) is 4.79 Å². The van der Waals surface area contributed by atoms with Gasteiger partial charge in [0.2, 0.25) is 0 Å². The number of unbranched alkanes of at least 4 members (excludes halogenated alkanes) is 6. The standard InChI is InChI=1S/C36H52N2O5/c1-3-5-7-8-9-10-22-41-33-19-15-28(16-20-33)36(40)43-34-17-12-27(13-18-34)14-21-35(39)42-26-29(11-6-4-2)30-23-31(37)25-32(38)24-30/h12-14,17-18,21,23-25,28-29,33H,3-11,15-16,19-20,22,26,37-38H2,1-2H3. The van der Waals surface area contributed by atoms with E-state index in [1.54, 1.807) is 24.3 Å². The zero-order valence-corrected chi connectivity index (χ0v) is 26.2. The molecule has 2 aromatic rings. The molecule has 1 aliphatic rings. The lowest BCUT2D eigenvalue weighted by Crippen LogP contribution is -2.29. The Morgan fingerprint density at radius 1 is 0.860 bits per heavy atom. The Hall–Kier alpha value is -3.32. The number of rotatable bonds is 18. The molecular formula is C36H52N2O5. The smallest absolute Gasteiger partial charge is 0.330 e. The summed E-state index contributed by atoms with van der Waals surface area (Å²) in [6, 6.07) is 12.7. The summed E-state index contributed by atoms with van der Waals surface area (Å²) in [5.74, 6) is -0.148. The fourth-order valence-electron chi connectivity index (χ4n) is 5.57. The van der Waals surface area contributed by atoms with Gasteiger partial charge in [0, 0.05) is 30.0 Å². The van der Waals surface area contributed by atoms with E-state index in [0.717, 1.165) is 69.1 Å². The summed E-state index contributed by atoms with van der Waals surface area (Å²) in [7, 11) is 0. The van der Waals surface area contributed by atoms with E-state index in [2.05, 4.69) is 13.8 Å². The van der Waals surface area contributed by atoms with Crippen LogP contribution in [0.5, 0.6) is 5.75 Å². The Morgan fingerprint density at radius 3 is 2.19 bits per heavy atom. The van der Waals surface area contributed by atoms with E-state index in [0.29, 0.717) is 17.1 Å². The summed E-state index contributed by atoms with van der Waals surface area (Å²) in [5.41, 5.74) is 15.0. The van der Waals surface area contributed by atoms with Crippen LogP contribution < -0.4 is 16.2 Å². The van der Waals surface area contributed by atoms with Crippen LogP contribution >= 0.6 is 0 Å². The van der Waals surface area contributed by atoms with Crippen molar-refractivity contribution in [2.24, 2.45) is 5.92 Å². The van der Waals surface area contributed by atoms with Gasteiger partial charge in [-0.05, 0) is 86.1 Å². The first kappa shape index (κ1) is 34.2. The zero-order chi connectivity index (χ0) is 30.9. The summed E-state index contributed by atoms with van der Waals surface area (Å²) in [6.45, 7) is 5.44. The largest absolute Gasteiger partial charge is 0.462 e. The van der Waals surface area contributed by atoms with Gasteiger partial charge < -0.3 is 25.7 Å². The highest BCUT2D eigenvalue weighted by Gasteiger charge is 2.28. The second-order valence-corrected chi connectivity index (χ2v) is 11.8. The van der Waals surface area contributed by atoms with E-state index < -0.39 is 5.97 Å². The number of benzene rings is 2. The number of esters is 2. The van der Waals surface area contributed by atoms with Crippen molar-refractivity contribution in [1.82, 2.24) is 0 Å². The molecule has 2 aromatic carbocycles. The molecule has 0 saturated heterocycles. The number of carbonyl (C=O) groups excluding carboxylic acids is 2. The van der Waals surface area contributed by atoms with Crippen LogP contribution in [0.25, 0.3) is 6.08 Å². The molecule has 0 amide bonds. The number of anilines is 2. The number of nitrogens with two attached hydrogens (primary N) is 2. The molecule has 1 fully saturated rings. The minimum atomic E-state index is -0.416. The van der Waals surface area contributed by atoms with E-state index >= 15 is 0 Å². The van der Waals surface area contributed by atoms with Gasteiger partial charge >= 0.3 is 11.9 Å². The van der Waals surface area contributed by atoms with Crippen LogP contribution in [0, 0.1) is 5.92 Å². The molecule has 236 valence electrons. The molecule has 1 saturated carbocycles. The molecule has 7 nitrogen and oxygen atoms in total. The molecule has 4 N–H and O–H groups in total. The highest BCUT2D eigenvalue weighted by molar-refractivity contribution is 5.87. The SMILES string of the molecule is CCCCCCCCOC1CCC(C(=O)Oc2ccc(C=CC(=O)OCC(CCCC)c3cc(N)cc(N)c3)cc2)CC1. The summed E-state index contributed by atoms with van der Waals surface area (Å²) in [5, 5.41) is 0. The fraction of sp³-hybridized carbons (Fsp3) is 0.556. The summed E-state index contributed by atoms with van der Waals surface area (Å²) < 4.78 is 17.3. The van der Waals surface area contributed by atoms with Crippen LogP contribution in [0.4, 0.5) is 11.4 Å². The Bertz CT molecular complexity index is 1120. The van der Waals surface area contributed by atoms with Crippen LogP contribution in [-0.4, -0.2) is 31.3 Å². The topological polar surface area (TPSA) is 114 Å². The van der Waals surface area contributed by atoms with Crippen molar-refractivity contribution in [1.29, 1.82) is 0 Å². The molecule has 0 radical (unpaired) electrons. The number of hydrogen-bond donors (Lipinski definition) is 2. The lowest BCUT2D eigenvalue weighted by Gasteiger charge is -2.27. The Kier molecular flexibility index (Phi) is 15.1. The lowest BCUT2D eigenvalue weighted by molar-refractivity contribution is -0.141. The van der Waals surface area contributed by atoms with Crippen LogP contribution in [0.2, 0.25) is 0 Å². The summed E-state index contributed by atoms with van der Waals surface area (Å²) in [4.78, 5) is 25.2. The van der Waals surface area contributed by atoms with Crippen LogP contribution in [0.1, 0.15) is 114 Å². The van der Waals surface area contributed by atoms with Crippen molar-refractivity contribution >= 4 is 29.4 Å². The first-order chi connectivity index (χ1) is 20.9. The second kappa shape index (κ2) is 19.1. The monoisotopic (exact) mass is 592 g/mol. The first-order valence-electron chi connectivity index (χ1n) is 16.3. The van der Waals surface area contributed by atoms with Gasteiger partial charge in [-0.2, -0.15) is 0 Å². The van der Waals surface area contributed by atoms with E-state index in [4.69, 9.17) is 25.7 Å². The van der Waals surface area contributed by atoms with Crippen molar-refractivity contribution in [2.75, 3.05) is 24.7 Å². The lowest BCUT2D eigenvalue weighted by atomic mass is 9.87. The fourth-order valence-corrected chi connectivity index (χ4v) is 5.57. The third-order valence-electron chi connectivity index (χ3n) is 8.17. The molecule has 1 aliphatic carbocycles. The van der Waals surface area contributed by atoms with Crippen LogP contribution in [0.15, 0.2) is 48.5 Å². The highest BCUT2D eigenvalue weighted by atomic mass is 16.5. The molecule has 0 bridgehead atoms. The number of nitrogen functional groups attached to an aromatic ring is 2. The highest BCUT2D eigenvalue weighted by Crippen LogP contribution is 2.29. The molecule has 0 heterocycles. The number of carbonyl (C=O) groups is 2. The van der Waals surface area contributed by atoms with E-state index in [-0.39, 0.29) is 30.5 Å². The van der Waals surface area contributed by atoms with Crippen molar-refractivity contribution in [3.63, 3.8) is 0 Å². The summed E-state index contributed by atoms with van der Waals surface area (Å²) in [6.07, 6.45) is 17.3. The van der Waals surface area contributed by atoms with Gasteiger partial charge in [-0.1, -0.05) is 70.9 Å². The third-order valence-corrected chi connectivity index (χ3v) is 8.17. The maximum atomic E-state index is 12.7.